The fourth-order valence-corrected chi connectivity index (χ4v) is 6.14. The number of nitrogens with two attached hydrogens (primary N) is 1. The summed E-state index contributed by atoms with van der Waals surface area (Å²) in [6.07, 6.45) is 6.06. The molecule has 240 valence electrons. The summed E-state index contributed by atoms with van der Waals surface area (Å²) in [6.45, 7) is 11.2. The molecule has 0 bridgehead atoms. The molecule has 1 amide bonds. The van der Waals surface area contributed by atoms with Crippen LogP contribution in [0.3, 0.4) is 0 Å². The van der Waals surface area contributed by atoms with Crippen molar-refractivity contribution in [2.24, 2.45) is 11.1 Å². The van der Waals surface area contributed by atoms with Gasteiger partial charge >= 0.3 is 0 Å². The van der Waals surface area contributed by atoms with Crippen LogP contribution in [-0.2, 0) is 38.4 Å². The zero-order chi connectivity index (χ0) is 32.1. The quantitative estimate of drug-likeness (QED) is 0.202. The summed E-state index contributed by atoms with van der Waals surface area (Å²) in [7, 11) is 1.68. The first-order valence-corrected chi connectivity index (χ1v) is 15.6. The lowest BCUT2D eigenvalue weighted by Gasteiger charge is -2.29. The topological polar surface area (TPSA) is 138 Å². The van der Waals surface area contributed by atoms with Gasteiger partial charge in [0.2, 0.25) is 5.89 Å². The number of amides is 1. The molecule has 1 aliphatic heterocycles. The molecule has 3 aromatic heterocycles. The number of aromatic nitrogens is 3. The number of carbonyl (C=O) groups is 2. The number of methoxy groups -OCH3 is 1. The molecule has 0 radical (unpaired) electrons. The number of hydrazine groups is 1. The Morgan fingerprint density at radius 1 is 1.27 bits per heavy atom. The van der Waals surface area contributed by atoms with Crippen LogP contribution in [-0.4, -0.2) is 64.8 Å². The van der Waals surface area contributed by atoms with Gasteiger partial charge < -0.3 is 24.2 Å². The molecule has 11 nitrogen and oxygen atoms in total. The molecule has 0 saturated carbocycles. The summed E-state index contributed by atoms with van der Waals surface area (Å²) >= 11 is 0. The Morgan fingerprint density at radius 3 is 2.80 bits per heavy atom. The molecule has 1 fully saturated rings. The van der Waals surface area contributed by atoms with Crippen LogP contribution in [0.25, 0.3) is 33.6 Å². The van der Waals surface area contributed by atoms with Gasteiger partial charge in [-0.25, -0.2) is 10.4 Å². The van der Waals surface area contributed by atoms with E-state index in [1.165, 1.54) is 0 Å². The minimum absolute atomic E-state index is 0.141. The number of pyridine rings is 1. The number of rotatable bonds is 13. The van der Waals surface area contributed by atoms with Gasteiger partial charge in [-0.15, -0.1) is 0 Å². The van der Waals surface area contributed by atoms with E-state index in [0.717, 1.165) is 64.9 Å². The maximum absolute atomic E-state index is 12.8. The predicted octanol–water partition coefficient (Wildman–Crippen LogP) is 4.82. The first-order valence-electron chi connectivity index (χ1n) is 15.6. The van der Waals surface area contributed by atoms with E-state index in [4.69, 9.17) is 29.6 Å². The lowest BCUT2D eigenvalue weighted by atomic mass is 9.84. The molecule has 0 aliphatic carbocycles. The summed E-state index contributed by atoms with van der Waals surface area (Å²) in [5.74, 6) is 0.315. The Balaban J connectivity index is 1.56. The second-order valence-electron chi connectivity index (χ2n) is 12.4. The molecule has 0 spiro atoms. The second kappa shape index (κ2) is 13.9. The normalized spacial score (nSPS) is 15.3. The van der Waals surface area contributed by atoms with Crippen molar-refractivity contribution in [1.29, 1.82) is 0 Å². The first-order chi connectivity index (χ1) is 21.7. The van der Waals surface area contributed by atoms with Crippen molar-refractivity contribution in [3.63, 3.8) is 0 Å². The first kappa shape index (κ1) is 32.3. The summed E-state index contributed by atoms with van der Waals surface area (Å²) in [4.78, 5) is 33.4. The van der Waals surface area contributed by atoms with E-state index in [1.807, 2.05) is 19.1 Å². The number of oxazole rings is 1. The average molecular weight is 617 g/mol. The Kier molecular flexibility index (Phi) is 10.0. The van der Waals surface area contributed by atoms with Gasteiger partial charge in [-0.1, -0.05) is 13.8 Å². The zero-order valence-electron chi connectivity index (χ0n) is 26.8. The zero-order valence-corrected chi connectivity index (χ0v) is 26.8. The van der Waals surface area contributed by atoms with Gasteiger partial charge in [0, 0.05) is 66.8 Å². The molecule has 1 aromatic carbocycles. The molecule has 11 heteroatoms. The Hall–Kier alpha value is -4.06. The Bertz CT molecular complexity index is 1640. The van der Waals surface area contributed by atoms with Crippen molar-refractivity contribution in [3.8, 4) is 22.7 Å². The van der Waals surface area contributed by atoms with E-state index >= 15 is 0 Å². The van der Waals surface area contributed by atoms with E-state index in [2.05, 4.69) is 49.0 Å². The van der Waals surface area contributed by atoms with Gasteiger partial charge in [0.05, 0.1) is 35.8 Å². The molecule has 3 N–H and O–H groups in total. The number of nitrogens with one attached hydrogen (secondary N) is 1. The molecular weight excluding hydrogens is 572 g/mol. The molecule has 1 aliphatic rings. The molecule has 4 heterocycles. The molecule has 4 aromatic rings. The largest absolute Gasteiger partial charge is 0.467 e. The highest BCUT2D eigenvalue weighted by Gasteiger charge is 2.29. The van der Waals surface area contributed by atoms with Crippen molar-refractivity contribution in [3.05, 3.63) is 59.7 Å². The van der Waals surface area contributed by atoms with Gasteiger partial charge in [-0.05, 0) is 69.0 Å². The highest BCUT2D eigenvalue weighted by atomic mass is 16.5. The van der Waals surface area contributed by atoms with Crippen LogP contribution in [0, 0.1) is 5.41 Å². The van der Waals surface area contributed by atoms with Crippen LogP contribution < -0.4 is 11.2 Å². The van der Waals surface area contributed by atoms with E-state index in [-0.39, 0.29) is 30.5 Å². The van der Waals surface area contributed by atoms with Crippen LogP contribution in [0.2, 0.25) is 0 Å². The minimum atomic E-state index is -0.720. The molecule has 45 heavy (non-hydrogen) atoms. The number of carbonyl (C=O) groups excluding carboxylic acids is 2. The lowest BCUT2D eigenvalue weighted by Crippen LogP contribution is -2.53. The molecule has 0 unspecified atom stereocenters. The van der Waals surface area contributed by atoms with E-state index in [1.54, 1.807) is 24.6 Å². The van der Waals surface area contributed by atoms with Crippen LogP contribution >= 0.6 is 0 Å². The summed E-state index contributed by atoms with van der Waals surface area (Å²) in [6, 6.07) is 9.51. The molecule has 1 saturated heterocycles. The monoisotopic (exact) mass is 616 g/mol. The van der Waals surface area contributed by atoms with Gasteiger partial charge in [0.25, 0.3) is 12.4 Å². The van der Waals surface area contributed by atoms with Crippen LogP contribution in [0.1, 0.15) is 63.6 Å². The Morgan fingerprint density at radius 2 is 2.09 bits per heavy atom. The fourth-order valence-electron chi connectivity index (χ4n) is 6.14. The van der Waals surface area contributed by atoms with Gasteiger partial charge in [0.15, 0.2) is 0 Å². The standard InChI is InChI=1S/C34H44N6O5/c1-6-39-29-12-11-23(32-38-24(19-45-32)17-28(35)33(42)40-15-8-7-14-37-40)16-26(29)27(18-34(3,4)20-44-21-41)31(39)25-10-9-13-36-30(25)22(2)43-5/h9-13,16,19,21-22,28,37H,6-8,14-15,17-18,20,35H2,1-5H3/t22-,28-/m0/s1. The fraction of sp³-hybridized carbons (Fsp3) is 0.471. The number of nitrogens with zero attached hydrogens (tertiary/aromatic N) is 4. The van der Waals surface area contributed by atoms with Crippen LogP contribution in [0.5, 0.6) is 0 Å². The third kappa shape index (κ3) is 6.95. The summed E-state index contributed by atoms with van der Waals surface area (Å²) < 4.78 is 19.2. The highest BCUT2D eigenvalue weighted by Crippen LogP contribution is 2.41. The SMILES string of the molecule is CCn1c(-c2cccnc2[C@H](C)OC)c(CC(C)(C)COC=O)c2cc(-c3nc(C[C@H](N)C(=O)N4CCCCN4)co3)ccc21. The molecule has 2 atom stereocenters. The number of fused-ring (bicyclic) bond motifs is 1. The Labute approximate surface area is 264 Å². The van der Waals surface area contributed by atoms with Crippen molar-refractivity contribution >= 4 is 23.3 Å². The van der Waals surface area contributed by atoms with Crippen molar-refractivity contribution < 1.29 is 23.5 Å². The van der Waals surface area contributed by atoms with E-state index < -0.39 is 6.04 Å². The smallest absolute Gasteiger partial charge is 0.293 e. The summed E-state index contributed by atoms with van der Waals surface area (Å²) in [5, 5.41) is 2.66. The lowest BCUT2D eigenvalue weighted by molar-refractivity contribution is -0.137. The average Bonchev–Trinajstić information content (AvgIpc) is 3.65. The second-order valence-corrected chi connectivity index (χ2v) is 12.4. The van der Waals surface area contributed by atoms with Crippen molar-refractivity contribution in [2.75, 3.05) is 26.8 Å². The van der Waals surface area contributed by atoms with Crippen LogP contribution in [0.4, 0.5) is 0 Å². The third-order valence-electron chi connectivity index (χ3n) is 8.44. The number of ether oxygens (including phenoxy) is 2. The maximum Gasteiger partial charge on any atom is 0.293 e. The van der Waals surface area contributed by atoms with Gasteiger partial charge in [-0.2, -0.15) is 0 Å². The van der Waals surface area contributed by atoms with Crippen molar-refractivity contribution in [2.45, 2.75) is 72.1 Å². The number of aryl methyl sites for hydroxylation is 1. The minimum Gasteiger partial charge on any atom is -0.467 e. The number of hydrogen-bond donors (Lipinski definition) is 2. The van der Waals surface area contributed by atoms with E-state index in [0.29, 0.717) is 31.0 Å². The highest BCUT2D eigenvalue weighted by molar-refractivity contribution is 5.94. The van der Waals surface area contributed by atoms with Gasteiger partial charge in [0.1, 0.15) is 6.26 Å². The van der Waals surface area contributed by atoms with Crippen molar-refractivity contribution in [1.82, 2.24) is 25.0 Å². The predicted molar refractivity (Wildman–Crippen MR) is 172 cm³/mol. The third-order valence-corrected chi connectivity index (χ3v) is 8.44. The number of hydrogen-bond acceptors (Lipinski definition) is 9. The molecular formula is C34H44N6O5. The van der Waals surface area contributed by atoms with Gasteiger partial charge in [-0.3, -0.25) is 19.6 Å². The van der Waals surface area contributed by atoms with Crippen LogP contribution in [0.15, 0.2) is 47.2 Å². The maximum atomic E-state index is 12.8. The summed E-state index contributed by atoms with van der Waals surface area (Å²) in [5.41, 5.74) is 15.6. The number of benzene rings is 1. The molecule has 5 rings (SSSR count). The van der Waals surface area contributed by atoms with E-state index in [9.17, 15) is 9.59 Å².